The smallest absolute Gasteiger partial charge is 0.240 e. The zero-order chi connectivity index (χ0) is 15.4. The number of hydrogen-bond donors (Lipinski definition) is 1. The van der Waals surface area contributed by atoms with E-state index < -0.39 is 0 Å². The summed E-state index contributed by atoms with van der Waals surface area (Å²) >= 11 is 0. The number of aryl methyl sites for hydroxylation is 1. The van der Waals surface area contributed by atoms with Crippen LogP contribution in [0.5, 0.6) is 0 Å². The molecule has 1 aromatic rings. The van der Waals surface area contributed by atoms with Gasteiger partial charge < -0.3 is 10.2 Å². The molecule has 1 aromatic heterocycles. The van der Waals surface area contributed by atoms with Gasteiger partial charge in [0.05, 0.1) is 13.1 Å². The zero-order valence-electron chi connectivity index (χ0n) is 13.3. The van der Waals surface area contributed by atoms with E-state index in [1.807, 2.05) is 9.58 Å². The molecule has 2 heterocycles. The van der Waals surface area contributed by atoms with Crippen LogP contribution in [0.15, 0.2) is 18.1 Å². The highest BCUT2D eigenvalue weighted by Gasteiger charge is 2.22. The van der Waals surface area contributed by atoms with Crippen molar-refractivity contribution in [1.82, 2.24) is 25.0 Å². The van der Waals surface area contributed by atoms with E-state index in [4.69, 9.17) is 0 Å². The second-order valence-electron chi connectivity index (χ2n) is 6.05. The first-order valence-corrected chi connectivity index (χ1v) is 8.37. The van der Waals surface area contributed by atoms with Crippen LogP contribution in [0, 0.1) is 0 Å². The number of carbonyl (C=O) groups excluding carboxylic acids is 1. The van der Waals surface area contributed by atoms with E-state index in [9.17, 15) is 4.79 Å². The Kier molecular flexibility index (Phi) is 4.87. The van der Waals surface area contributed by atoms with E-state index in [0.29, 0.717) is 12.6 Å². The van der Waals surface area contributed by atoms with Crippen LogP contribution in [0.25, 0.3) is 0 Å². The highest BCUT2D eigenvalue weighted by atomic mass is 16.2. The van der Waals surface area contributed by atoms with E-state index in [1.54, 1.807) is 6.33 Å². The van der Waals surface area contributed by atoms with Gasteiger partial charge in [-0.15, -0.1) is 0 Å². The molecule has 0 spiro atoms. The molecule has 1 amide bonds. The first-order valence-electron chi connectivity index (χ1n) is 8.37. The molecule has 2 aliphatic rings. The Morgan fingerprint density at radius 1 is 1.45 bits per heavy atom. The van der Waals surface area contributed by atoms with Crippen LogP contribution >= 0.6 is 0 Å². The maximum Gasteiger partial charge on any atom is 0.240 e. The van der Waals surface area contributed by atoms with E-state index in [0.717, 1.165) is 44.6 Å². The summed E-state index contributed by atoms with van der Waals surface area (Å²) in [5.74, 6) is 1.23. The van der Waals surface area contributed by atoms with E-state index in [1.165, 1.54) is 18.5 Å². The van der Waals surface area contributed by atoms with Gasteiger partial charge in [-0.1, -0.05) is 6.08 Å². The fourth-order valence-electron chi connectivity index (χ4n) is 3.34. The number of amides is 1. The van der Waals surface area contributed by atoms with Gasteiger partial charge in [0.15, 0.2) is 0 Å². The summed E-state index contributed by atoms with van der Waals surface area (Å²) in [6.07, 6.45) is 10.4. The Balaban J connectivity index is 1.52. The minimum Gasteiger partial charge on any atom is -0.316 e. The normalized spacial score (nSPS) is 21.1. The van der Waals surface area contributed by atoms with Crippen molar-refractivity contribution in [2.75, 3.05) is 13.1 Å². The maximum absolute atomic E-state index is 12.5. The third-order valence-electron chi connectivity index (χ3n) is 4.58. The molecule has 6 heteroatoms. The SMILES string of the molecule is CCN(C(=O)CN[C@H]1CCc2ncnn2C1)C1=CCCCC1. The third kappa shape index (κ3) is 3.38. The maximum atomic E-state index is 12.5. The predicted molar refractivity (Wildman–Crippen MR) is 84.1 cm³/mol. The highest BCUT2D eigenvalue weighted by molar-refractivity contribution is 5.80. The zero-order valence-corrected chi connectivity index (χ0v) is 13.3. The average Bonchev–Trinajstić information content (AvgIpc) is 3.02. The van der Waals surface area contributed by atoms with Crippen LogP contribution in [-0.2, 0) is 17.8 Å². The number of rotatable bonds is 5. The fourth-order valence-corrected chi connectivity index (χ4v) is 3.34. The van der Waals surface area contributed by atoms with Crippen LogP contribution in [-0.4, -0.2) is 44.7 Å². The lowest BCUT2D eigenvalue weighted by Gasteiger charge is -2.28. The average molecular weight is 303 g/mol. The number of hydrogen-bond acceptors (Lipinski definition) is 4. The number of nitrogens with one attached hydrogen (secondary N) is 1. The summed E-state index contributed by atoms with van der Waals surface area (Å²) in [6, 6.07) is 0.303. The molecule has 0 unspecified atom stereocenters. The van der Waals surface area contributed by atoms with Crippen molar-refractivity contribution in [3.05, 3.63) is 23.9 Å². The highest BCUT2D eigenvalue weighted by Crippen LogP contribution is 2.21. The molecule has 0 aromatic carbocycles. The second-order valence-corrected chi connectivity index (χ2v) is 6.05. The molecule has 3 rings (SSSR count). The summed E-state index contributed by atoms with van der Waals surface area (Å²) in [5.41, 5.74) is 1.21. The van der Waals surface area contributed by atoms with Gasteiger partial charge in [0.1, 0.15) is 12.2 Å². The molecule has 120 valence electrons. The molecule has 0 saturated carbocycles. The molecular formula is C16H25N5O. The molecule has 6 nitrogen and oxygen atoms in total. The number of allylic oxidation sites excluding steroid dienone is 2. The van der Waals surface area contributed by atoms with Gasteiger partial charge in [0.2, 0.25) is 5.91 Å². The van der Waals surface area contributed by atoms with Crippen molar-refractivity contribution >= 4 is 5.91 Å². The first-order chi connectivity index (χ1) is 10.8. The van der Waals surface area contributed by atoms with Crippen molar-refractivity contribution in [2.45, 2.75) is 58.0 Å². The minimum absolute atomic E-state index is 0.181. The lowest BCUT2D eigenvalue weighted by atomic mass is 10.0. The largest absolute Gasteiger partial charge is 0.316 e. The van der Waals surface area contributed by atoms with Gasteiger partial charge in [-0.25, -0.2) is 9.67 Å². The Labute approximate surface area is 131 Å². The summed E-state index contributed by atoms with van der Waals surface area (Å²) in [6.45, 7) is 4.01. The summed E-state index contributed by atoms with van der Waals surface area (Å²) in [7, 11) is 0. The molecule has 1 aliphatic heterocycles. The molecule has 0 bridgehead atoms. The summed E-state index contributed by atoms with van der Waals surface area (Å²) in [5, 5.41) is 7.62. The van der Waals surface area contributed by atoms with E-state index in [-0.39, 0.29) is 5.91 Å². The number of likely N-dealkylation sites (N-methyl/N-ethyl adjacent to an activating group) is 1. The van der Waals surface area contributed by atoms with Gasteiger partial charge in [0.25, 0.3) is 0 Å². The van der Waals surface area contributed by atoms with Crippen LogP contribution in [0.2, 0.25) is 0 Å². The second kappa shape index (κ2) is 7.05. The van der Waals surface area contributed by atoms with Gasteiger partial charge in [0, 0.05) is 24.7 Å². The molecule has 1 atom stereocenters. The monoisotopic (exact) mass is 303 g/mol. The molecule has 0 radical (unpaired) electrons. The lowest BCUT2D eigenvalue weighted by molar-refractivity contribution is -0.128. The van der Waals surface area contributed by atoms with Crippen molar-refractivity contribution in [3.63, 3.8) is 0 Å². The molecule has 1 N–H and O–H groups in total. The van der Waals surface area contributed by atoms with Crippen LogP contribution in [0.1, 0.15) is 44.9 Å². The van der Waals surface area contributed by atoms with Gasteiger partial charge in [-0.05, 0) is 39.0 Å². The minimum atomic E-state index is 0.181. The Bertz CT molecular complexity index is 550. The Morgan fingerprint density at radius 3 is 3.14 bits per heavy atom. The number of carbonyl (C=O) groups is 1. The molecule has 1 aliphatic carbocycles. The van der Waals surface area contributed by atoms with Crippen molar-refractivity contribution < 1.29 is 4.79 Å². The lowest BCUT2D eigenvalue weighted by Crippen LogP contribution is -2.44. The van der Waals surface area contributed by atoms with Crippen molar-refractivity contribution in [3.8, 4) is 0 Å². The van der Waals surface area contributed by atoms with Crippen LogP contribution < -0.4 is 5.32 Å². The van der Waals surface area contributed by atoms with E-state index in [2.05, 4.69) is 28.4 Å². The van der Waals surface area contributed by atoms with Crippen molar-refractivity contribution in [2.24, 2.45) is 0 Å². The summed E-state index contributed by atoms with van der Waals surface area (Å²) < 4.78 is 1.94. The standard InChI is InChI=1S/C16H25N5O/c1-2-20(14-6-4-3-5-7-14)16(22)10-17-13-8-9-15-18-12-19-21(15)11-13/h6,12-13,17H,2-5,7-11H2,1H3/t13-/m0/s1. The quantitative estimate of drug-likeness (QED) is 0.895. The Morgan fingerprint density at radius 2 is 2.36 bits per heavy atom. The van der Waals surface area contributed by atoms with Gasteiger partial charge in [-0.3, -0.25) is 4.79 Å². The van der Waals surface area contributed by atoms with Crippen molar-refractivity contribution in [1.29, 1.82) is 0 Å². The third-order valence-corrected chi connectivity index (χ3v) is 4.58. The topological polar surface area (TPSA) is 63.1 Å². The molecule has 0 saturated heterocycles. The summed E-state index contributed by atoms with van der Waals surface area (Å²) in [4.78, 5) is 18.7. The van der Waals surface area contributed by atoms with Crippen LogP contribution in [0.4, 0.5) is 0 Å². The first kappa shape index (κ1) is 15.2. The van der Waals surface area contributed by atoms with Crippen LogP contribution in [0.3, 0.4) is 0 Å². The van der Waals surface area contributed by atoms with Gasteiger partial charge in [-0.2, -0.15) is 5.10 Å². The van der Waals surface area contributed by atoms with Gasteiger partial charge >= 0.3 is 0 Å². The Hall–Kier alpha value is -1.69. The number of fused-ring (bicyclic) bond motifs is 1. The molecule has 0 fully saturated rings. The number of aromatic nitrogens is 3. The molecular weight excluding hydrogens is 278 g/mol. The molecule has 22 heavy (non-hydrogen) atoms. The number of nitrogens with zero attached hydrogens (tertiary/aromatic N) is 4. The fraction of sp³-hybridized carbons (Fsp3) is 0.688. The van der Waals surface area contributed by atoms with E-state index >= 15 is 0 Å². The predicted octanol–water partition coefficient (Wildman–Crippen LogP) is 1.49.